The van der Waals surface area contributed by atoms with E-state index in [9.17, 15) is 4.79 Å². The van der Waals surface area contributed by atoms with Crippen LogP contribution >= 0.6 is 12.2 Å². The molecule has 5 heteroatoms. The quantitative estimate of drug-likeness (QED) is 0.793. The van der Waals surface area contributed by atoms with E-state index in [1.807, 2.05) is 36.9 Å². The molecule has 1 amide bonds. The molecule has 1 N–H and O–H groups in total. The van der Waals surface area contributed by atoms with E-state index in [1.54, 1.807) is 0 Å². The molecule has 1 fully saturated rings. The van der Waals surface area contributed by atoms with Crippen LogP contribution < -0.4 is 5.32 Å². The Bertz CT molecular complexity index is 496. The highest BCUT2D eigenvalue weighted by Crippen LogP contribution is 2.10. The number of morpholine rings is 1. The van der Waals surface area contributed by atoms with E-state index in [0.717, 1.165) is 24.2 Å². The summed E-state index contributed by atoms with van der Waals surface area (Å²) in [6.07, 6.45) is 0. The molecule has 0 atom stereocenters. The third-order valence-electron chi connectivity index (χ3n) is 3.15. The minimum atomic E-state index is -0.144. The van der Waals surface area contributed by atoms with Gasteiger partial charge in [-0.15, -0.1) is 0 Å². The summed E-state index contributed by atoms with van der Waals surface area (Å²) in [5.74, 6) is -0.144. The largest absolute Gasteiger partial charge is 0.378 e. The molecule has 1 heterocycles. The van der Waals surface area contributed by atoms with Crippen molar-refractivity contribution in [2.24, 2.45) is 0 Å². The van der Waals surface area contributed by atoms with Crippen LogP contribution in [0, 0.1) is 13.8 Å². The molecule has 1 aliphatic heterocycles. The van der Waals surface area contributed by atoms with Crippen LogP contribution in [0.5, 0.6) is 0 Å². The van der Waals surface area contributed by atoms with E-state index in [2.05, 4.69) is 5.32 Å². The lowest BCUT2D eigenvalue weighted by Crippen LogP contribution is -2.47. The zero-order valence-corrected chi connectivity index (χ0v) is 12.0. The number of nitrogens with zero attached hydrogens (tertiary/aromatic N) is 1. The highest BCUT2D eigenvalue weighted by atomic mass is 32.1. The molecule has 1 saturated heterocycles. The van der Waals surface area contributed by atoms with Gasteiger partial charge in [-0.25, -0.2) is 0 Å². The van der Waals surface area contributed by atoms with Crippen molar-refractivity contribution in [1.82, 2.24) is 10.2 Å². The second kappa shape index (κ2) is 6.12. The highest BCUT2D eigenvalue weighted by molar-refractivity contribution is 7.80. The fourth-order valence-electron chi connectivity index (χ4n) is 2.08. The van der Waals surface area contributed by atoms with Gasteiger partial charge in [0.1, 0.15) is 0 Å². The van der Waals surface area contributed by atoms with Crippen LogP contribution in [-0.4, -0.2) is 42.2 Å². The first-order chi connectivity index (χ1) is 9.08. The van der Waals surface area contributed by atoms with Crippen molar-refractivity contribution in [1.29, 1.82) is 0 Å². The lowest BCUT2D eigenvalue weighted by molar-refractivity contribution is 0.0669. The molecular formula is C14H18N2O2S. The molecule has 0 saturated carbocycles. The predicted octanol–water partition coefficient (Wildman–Crippen LogP) is 1.65. The number of ether oxygens (including phenoxy) is 1. The van der Waals surface area contributed by atoms with Gasteiger partial charge in [0, 0.05) is 18.7 Å². The van der Waals surface area contributed by atoms with Crippen molar-refractivity contribution in [3.8, 4) is 0 Å². The summed E-state index contributed by atoms with van der Waals surface area (Å²) in [5, 5.41) is 3.27. The van der Waals surface area contributed by atoms with Gasteiger partial charge in [0.25, 0.3) is 5.91 Å². The van der Waals surface area contributed by atoms with Crippen molar-refractivity contribution < 1.29 is 9.53 Å². The molecule has 1 aromatic carbocycles. The maximum Gasteiger partial charge on any atom is 0.257 e. The Balaban J connectivity index is 2.02. The topological polar surface area (TPSA) is 41.6 Å². The minimum absolute atomic E-state index is 0.144. The zero-order chi connectivity index (χ0) is 13.8. The van der Waals surface area contributed by atoms with Gasteiger partial charge in [0.05, 0.1) is 13.2 Å². The Labute approximate surface area is 118 Å². The van der Waals surface area contributed by atoms with Gasteiger partial charge in [-0.3, -0.25) is 10.1 Å². The summed E-state index contributed by atoms with van der Waals surface area (Å²) in [5.41, 5.74) is 2.77. The Morgan fingerprint density at radius 2 is 2.00 bits per heavy atom. The molecule has 0 unspecified atom stereocenters. The number of hydrogen-bond donors (Lipinski definition) is 1. The van der Waals surface area contributed by atoms with Crippen LogP contribution in [0.4, 0.5) is 0 Å². The second-order valence-corrected chi connectivity index (χ2v) is 5.06. The third-order valence-corrected chi connectivity index (χ3v) is 3.51. The SMILES string of the molecule is Cc1ccc(C(=O)NC(=S)N2CCOCC2)c(C)c1. The average molecular weight is 278 g/mol. The molecule has 1 aliphatic rings. The van der Waals surface area contributed by atoms with Crippen molar-refractivity contribution in [2.45, 2.75) is 13.8 Å². The minimum Gasteiger partial charge on any atom is -0.378 e. The number of nitrogens with one attached hydrogen (secondary N) is 1. The molecule has 102 valence electrons. The first-order valence-corrected chi connectivity index (χ1v) is 6.74. The Morgan fingerprint density at radius 1 is 1.32 bits per heavy atom. The molecule has 0 spiro atoms. The average Bonchev–Trinajstić information content (AvgIpc) is 2.39. The van der Waals surface area contributed by atoms with Gasteiger partial charge in [-0.1, -0.05) is 17.7 Å². The Kier molecular flexibility index (Phi) is 4.50. The van der Waals surface area contributed by atoms with E-state index in [1.165, 1.54) is 0 Å². The summed E-state index contributed by atoms with van der Waals surface area (Å²) >= 11 is 5.26. The molecular weight excluding hydrogens is 260 g/mol. The van der Waals surface area contributed by atoms with Crippen LogP contribution in [0.2, 0.25) is 0 Å². The summed E-state index contributed by atoms with van der Waals surface area (Å²) in [4.78, 5) is 14.1. The van der Waals surface area contributed by atoms with E-state index >= 15 is 0 Å². The van der Waals surface area contributed by atoms with Gasteiger partial charge >= 0.3 is 0 Å². The van der Waals surface area contributed by atoms with Crippen LogP contribution in [0.25, 0.3) is 0 Å². The monoisotopic (exact) mass is 278 g/mol. The second-order valence-electron chi connectivity index (χ2n) is 4.68. The zero-order valence-electron chi connectivity index (χ0n) is 11.2. The molecule has 1 aromatic rings. The lowest BCUT2D eigenvalue weighted by atomic mass is 10.1. The Morgan fingerprint density at radius 3 is 2.63 bits per heavy atom. The molecule has 0 radical (unpaired) electrons. The molecule has 2 rings (SSSR count). The van der Waals surface area contributed by atoms with Gasteiger partial charge in [-0.2, -0.15) is 0 Å². The number of aryl methyl sites for hydroxylation is 2. The lowest BCUT2D eigenvalue weighted by Gasteiger charge is -2.29. The van der Waals surface area contributed by atoms with E-state index < -0.39 is 0 Å². The summed E-state index contributed by atoms with van der Waals surface area (Å²) < 4.78 is 5.26. The fraction of sp³-hybridized carbons (Fsp3) is 0.429. The smallest absolute Gasteiger partial charge is 0.257 e. The van der Waals surface area contributed by atoms with Crippen LogP contribution in [-0.2, 0) is 4.74 Å². The molecule has 0 aliphatic carbocycles. The van der Waals surface area contributed by atoms with Gasteiger partial charge in [0.2, 0.25) is 0 Å². The number of rotatable bonds is 1. The van der Waals surface area contributed by atoms with E-state index in [4.69, 9.17) is 17.0 Å². The van der Waals surface area contributed by atoms with Crippen molar-refractivity contribution in [2.75, 3.05) is 26.3 Å². The summed E-state index contributed by atoms with van der Waals surface area (Å²) in [6, 6.07) is 5.76. The maximum atomic E-state index is 12.2. The van der Waals surface area contributed by atoms with E-state index in [-0.39, 0.29) is 5.91 Å². The maximum absolute atomic E-state index is 12.2. The van der Waals surface area contributed by atoms with Crippen LogP contribution in [0.1, 0.15) is 21.5 Å². The third kappa shape index (κ3) is 3.52. The summed E-state index contributed by atoms with van der Waals surface area (Å²) in [7, 11) is 0. The molecule has 19 heavy (non-hydrogen) atoms. The van der Waals surface area contributed by atoms with Crippen molar-refractivity contribution >= 4 is 23.2 Å². The fourth-order valence-corrected chi connectivity index (χ4v) is 2.35. The summed E-state index contributed by atoms with van der Waals surface area (Å²) in [6.45, 7) is 6.70. The first-order valence-electron chi connectivity index (χ1n) is 6.33. The number of carbonyl (C=O) groups is 1. The van der Waals surface area contributed by atoms with Crippen molar-refractivity contribution in [3.05, 3.63) is 34.9 Å². The predicted molar refractivity (Wildman–Crippen MR) is 78.4 cm³/mol. The molecule has 0 aromatic heterocycles. The number of amides is 1. The highest BCUT2D eigenvalue weighted by Gasteiger charge is 2.17. The molecule has 4 nitrogen and oxygen atoms in total. The number of hydrogen-bond acceptors (Lipinski definition) is 3. The van der Waals surface area contributed by atoms with Crippen LogP contribution in [0.15, 0.2) is 18.2 Å². The normalized spacial score (nSPS) is 15.2. The van der Waals surface area contributed by atoms with Crippen molar-refractivity contribution in [3.63, 3.8) is 0 Å². The van der Waals surface area contributed by atoms with Gasteiger partial charge in [-0.05, 0) is 37.7 Å². The Hall–Kier alpha value is -1.46. The molecule has 0 bridgehead atoms. The van der Waals surface area contributed by atoms with E-state index in [0.29, 0.717) is 23.9 Å². The number of benzene rings is 1. The van der Waals surface area contributed by atoms with Crippen LogP contribution in [0.3, 0.4) is 0 Å². The van der Waals surface area contributed by atoms with Gasteiger partial charge < -0.3 is 9.64 Å². The standard InChI is InChI=1S/C14H18N2O2S/c1-10-3-4-12(11(2)9-10)13(17)15-14(19)16-5-7-18-8-6-16/h3-4,9H,5-8H2,1-2H3,(H,15,17,19). The number of thiocarbonyl (C=S) groups is 1. The first kappa shape index (κ1) is 14.0. The van der Waals surface area contributed by atoms with Gasteiger partial charge in [0.15, 0.2) is 5.11 Å². The number of carbonyl (C=O) groups excluding carboxylic acids is 1.